The van der Waals surface area contributed by atoms with Crippen molar-refractivity contribution >= 4 is 29.3 Å². The number of carbonyl (C=O) groups excluding carboxylic acids is 1. The number of ether oxygens (including phenoxy) is 1. The van der Waals surface area contributed by atoms with Crippen molar-refractivity contribution in [3.63, 3.8) is 0 Å². The lowest BCUT2D eigenvalue weighted by Crippen LogP contribution is -2.48. The Balaban J connectivity index is 2.10. The number of nitrogens with zero attached hydrogens (tertiary/aromatic N) is 1. The summed E-state index contributed by atoms with van der Waals surface area (Å²) in [5.74, 6) is -2.58. The first-order valence-corrected chi connectivity index (χ1v) is 8.03. The summed E-state index contributed by atoms with van der Waals surface area (Å²) in [5.41, 5.74) is 0.764. The average Bonchev–Trinajstić information content (AvgIpc) is 2.60. The Morgan fingerprint density at radius 2 is 1.96 bits per heavy atom. The Morgan fingerprint density at radius 1 is 1.28 bits per heavy atom. The number of halogens is 2. The topological polar surface area (TPSA) is 66.8 Å². The zero-order valence-corrected chi connectivity index (χ0v) is 13.8. The molecule has 25 heavy (non-hydrogen) atoms. The third-order valence-electron chi connectivity index (χ3n) is 3.79. The fraction of sp³-hybridized carbons (Fsp3) is 0.176. The van der Waals surface area contributed by atoms with Crippen LogP contribution in [0.4, 0.5) is 8.78 Å². The van der Waals surface area contributed by atoms with Crippen LogP contribution in [0.5, 0.6) is 0 Å². The maximum atomic E-state index is 14.6. The maximum absolute atomic E-state index is 14.6. The van der Waals surface area contributed by atoms with Gasteiger partial charge in [-0.05, 0) is 35.1 Å². The largest absolute Gasteiger partial charge is 0.477 e. The second kappa shape index (κ2) is 6.36. The van der Waals surface area contributed by atoms with Gasteiger partial charge in [0.05, 0.1) is 7.11 Å². The van der Waals surface area contributed by atoms with Gasteiger partial charge in [-0.3, -0.25) is 0 Å². The second-order valence-corrected chi connectivity index (χ2v) is 6.45. The number of allylic oxidation sites excluding steroid dienone is 2. The standard InChI is InChI=1S/C17H13F2NO4S/c1-24-16(23)14-13(15(21)22)20-8-7-11(10-5-3-2-4-6-10)9-12(20)17(18,19)25-14/h2-9,12H,1H3,(H,21,22). The van der Waals surface area contributed by atoms with Gasteiger partial charge in [-0.2, -0.15) is 8.78 Å². The minimum absolute atomic E-state index is 0.0885. The summed E-state index contributed by atoms with van der Waals surface area (Å²) in [5, 5.41) is 6.02. The van der Waals surface area contributed by atoms with Crippen molar-refractivity contribution in [2.24, 2.45) is 0 Å². The molecule has 0 aliphatic carbocycles. The van der Waals surface area contributed by atoms with Gasteiger partial charge in [0.2, 0.25) is 0 Å². The van der Waals surface area contributed by atoms with Gasteiger partial charge < -0.3 is 14.7 Å². The molecule has 0 fully saturated rings. The minimum atomic E-state index is -3.41. The molecule has 1 unspecified atom stereocenters. The smallest absolute Gasteiger partial charge is 0.354 e. The fourth-order valence-electron chi connectivity index (χ4n) is 2.66. The number of aliphatic carboxylic acids is 1. The summed E-state index contributed by atoms with van der Waals surface area (Å²) >= 11 is -0.0885. The first-order chi connectivity index (χ1) is 11.8. The van der Waals surface area contributed by atoms with Crippen LogP contribution < -0.4 is 0 Å². The van der Waals surface area contributed by atoms with E-state index in [1.807, 2.05) is 6.07 Å². The zero-order valence-electron chi connectivity index (χ0n) is 13.0. The predicted octanol–water partition coefficient (Wildman–Crippen LogP) is 3.08. The number of rotatable bonds is 3. The van der Waals surface area contributed by atoms with Crippen molar-refractivity contribution in [1.82, 2.24) is 4.90 Å². The van der Waals surface area contributed by atoms with Crippen molar-refractivity contribution in [3.05, 3.63) is 64.8 Å². The maximum Gasteiger partial charge on any atom is 0.354 e. The molecule has 0 saturated heterocycles. The van der Waals surface area contributed by atoms with Gasteiger partial charge in [-0.15, -0.1) is 0 Å². The number of benzene rings is 1. The zero-order chi connectivity index (χ0) is 18.2. The molecule has 1 atom stereocenters. The molecule has 1 aromatic rings. The van der Waals surface area contributed by atoms with Crippen LogP contribution in [0.2, 0.25) is 0 Å². The van der Waals surface area contributed by atoms with Gasteiger partial charge in [0, 0.05) is 6.20 Å². The molecule has 2 aliphatic rings. The van der Waals surface area contributed by atoms with Crippen molar-refractivity contribution in [2.75, 3.05) is 7.11 Å². The Labute approximate surface area is 146 Å². The molecule has 0 amide bonds. The first kappa shape index (κ1) is 17.2. The molecular weight excluding hydrogens is 352 g/mol. The number of carboxylic acids is 1. The average molecular weight is 365 g/mol. The number of esters is 1. The number of thioether (sulfide) groups is 1. The van der Waals surface area contributed by atoms with E-state index >= 15 is 0 Å². The second-order valence-electron chi connectivity index (χ2n) is 5.29. The molecule has 8 heteroatoms. The van der Waals surface area contributed by atoms with Crippen LogP contribution in [0.1, 0.15) is 5.56 Å². The molecule has 1 N–H and O–H groups in total. The molecule has 0 bridgehead atoms. The normalized spacial score (nSPS) is 21.5. The molecule has 3 rings (SSSR count). The fourth-order valence-corrected chi connectivity index (χ4v) is 3.69. The molecule has 0 spiro atoms. The molecular formula is C17H13F2NO4S. The van der Waals surface area contributed by atoms with Crippen LogP contribution in [0.25, 0.3) is 5.57 Å². The lowest BCUT2D eigenvalue weighted by Gasteiger charge is -2.40. The minimum Gasteiger partial charge on any atom is -0.477 e. The summed E-state index contributed by atoms with van der Waals surface area (Å²) in [4.78, 5) is 23.6. The van der Waals surface area contributed by atoms with Gasteiger partial charge in [-0.1, -0.05) is 30.3 Å². The summed E-state index contributed by atoms with van der Waals surface area (Å²) in [6.07, 6.45) is 4.10. The van der Waals surface area contributed by atoms with Crippen LogP contribution in [0.15, 0.2) is 59.3 Å². The van der Waals surface area contributed by atoms with Crippen molar-refractivity contribution in [3.8, 4) is 0 Å². The van der Waals surface area contributed by atoms with Crippen molar-refractivity contribution in [1.29, 1.82) is 0 Å². The molecule has 1 aromatic carbocycles. The highest BCUT2D eigenvalue weighted by molar-refractivity contribution is 8.05. The number of alkyl halides is 2. The Bertz CT molecular complexity index is 817. The van der Waals surface area contributed by atoms with E-state index in [9.17, 15) is 23.5 Å². The summed E-state index contributed by atoms with van der Waals surface area (Å²) < 4.78 is 33.7. The first-order valence-electron chi connectivity index (χ1n) is 7.21. The van der Waals surface area contributed by atoms with Gasteiger partial charge >= 0.3 is 17.2 Å². The number of hydrogen-bond acceptors (Lipinski definition) is 5. The molecule has 0 radical (unpaired) electrons. The molecule has 5 nitrogen and oxygen atoms in total. The number of fused-ring (bicyclic) bond motifs is 1. The molecule has 0 saturated carbocycles. The van der Waals surface area contributed by atoms with Crippen LogP contribution in [-0.4, -0.2) is 40.4 Å². The van der Waals surface area contributed by atoms with E-state index in [1.165, 1.54) is 18.4 Å². The lowest BCUT2D eigenvalue weighted by atomic mass is 9.99. The van der Waals surface area contributed by atoms with E-state index in [0.717, 1.165) is 17.6 Å². The van der Waals surface area contributed by atoms with E-state index in [1.54, 1.807) is 24.3 Å². The third kappa shape index (κ3) is 3.05. The Hall–Kier alpha value is -2.61. The van der Waals surface area contributed by atoms with Crippen molar-refractivity contribution in [2.45, 2.75) is 11.3 Å². The van der Waals surface area contributed by atoms with Gasteiger partial charge in [0.1, 0.15) is 16.6 Å². The number of carbonyl (C=O) groups is 2. The molecule has 2 heterocycles. The Morgan fingerprint density at radius 3 is 2.56 bits per heavy atom. The van der Waals surface area contributed by atoms with E-state index in [0.29, 0.717) is 5.57 Å². The van der Waals surface area contributed by atoms with Crippen molar-refractivity contribution < 1.29 is 28.2 Å². The van der Waals surface area contributed by atoms with Gasteiger partial charge in [0.15, 0.2) is 0 Å². The summed E-state index contributed by atoms with van der Waals surface area (Å²) in [6, 6.07) is 7.38. The molecule has 130 valence electrons. The van der Waals surface area contributed by atoms with Crippen LogP contribution in [-0.2, 0) is 14.3 Å². The number of carboxylic acid groups (broad SMARTS) is 1. The quantitative estimate of drug-likeness (QED) is 0.831. The van der Waals surface area contributed by atoms with E-state index in [-0.39, 0.29) is 11.8 Å². The van der Waals surface area contributed by atoms with E-state index in [2.05, 4.69) is 4.74 Å². The summed E-state index contributed by atoms with van der Waals surface area (Å²) in [6.45, 7) is 0. The summed E-state index contributed by atoms with van der Waals surface area (Å²) in [7, 11) is 1.01. The highest BCUT2D eigenvalue weighted by Crippen LogP contribution is 2.49. The van der Waals surface area contributed by atoms with E-state index in [4.69, 9.17) is 0 Å². The molecule has 2 aliphatic heterocycles. The number of hydrogen-bond donors (Lipinski definition) is 1. The van der Waals surface area contributed by atoms with Crippen LogP contribution in [0.3, 0.4) is 0 Å². The Kier molecular flexibility index (Phi) is 4.38. The van der Waals surface area contributed by atoms with Gasteiger partial charge in [0.25, 0.3) is 0 Å². The SMILES string of the molecule is COC(=O)C1=C(C(=O)O)N2C=CC(c3ccccc3)=CC2C(F)(F)S1. The molecule has 0 aromatic heterocycles. The van der Waals surface area contributed by atoms with E-state index < -0.39 is 33.8 Å². The van der Waals surface area contributed by atoms with Gasteiger partial charge in [-0.25, -0.2) is 9.59 Å². The lowest BCUT2D eigenvalue weighted by molar-refractivity contribution is -0.139. The highest BCUT2D eigenvalue weighted by atomic mass is 32.2. The highest BCUT2D eigenvalue weighted by Gasteiger charge is 2.52. The van der Waals surface area contributed by atoms with Crippen LogP contribution >= 0.6 is 11.8 Å². The van der Waals surface area contributed by atoms with Crippen LogP contribution in [0, 0.1) is 0 Å². The number of methoxy groups -OCH3 is 1. The monoisotopic (exact) mass is 365 g/mol. The third-order valence-corrected chi connectivity index (χ3v) is 4.87. The predicted molar refractivity (Wildman–Crippen MR) is 88.4 cm³/mol.